The van der Waals surface area contributed by atoms with Gasteiger partial charge in [0.05, 0.1) is 12.2 Å². The molecule has 1 heterocycles. The molecule has 0 spiro atoms. The van der Waals surface area contributed by atoms with Gasteiger partial charge in [-0.05, 0) is 19.9 Å². The Hall–Kier alpha value is -0.830. The normalized spacial score (nSPS) is 10.6. The highest BCUT2D eigenvalue weighted by molar-refractivity contribution is 5.06. The first-order valence-corrected chi connectivity index (χ1v) is 4.37. The molecule has 0 aliphatic rings. The summed E-state index contributed by atoms with van der Waals surface area (Å²) in [5.41, 5.74) is 0.996. The summed E-state index contributed by atoms with van der Waals surface area (Å²) in [6.45, 7) is 7.81. The molecule has 0 unspecified atom stereocenters. The minimum Gasteiger partial charge on any atom is -0.444 e. The predicted molar refractivity (Wildman–Crippen MR) is 48.0 cm³/mol. The lowest BCUT2D eigenvalue weighted by atomic mass is 10.3. The standard InChI is InChI=1S/C9H16N2O/c1-4-5-10-6-9-7(2)11-8(3)12-9/h10H,4-6H2,1-3H3. The van der Waals surface area contributed by atoms with Gasteiger partial charge in [-0.2, -0.15) is 0 Å². The molecule has 0 radical (unpaired) electrons. The van der Waals surface area contributed by atoms with Crippen LogP contribution in [0.2, 0.25) is 0 Å². The van der Waals surface area contributed by atoms with Crippen LogP contribution in [-0.2, 0) is 6.54 Å². The highest BCUT2D eigenvalue weighted by Gasteiger charge is 2.04. The van der Waals surface area contributed by atoms with Crippen molar-refractivity contribution < 1.29 is 4.42 Å². The lowest BCUT2D eigenvalue weighted by Crippen LogP contribution is -2.13. The first-order valence-electron chi connectivity index (χ1n) is 4.37. The molecule has 0 fully saturated rings. The Kier molecular flexibility index (Phi) is 3.29. The van der Waals surface area contributed by atoms with Crippen molar-refractivity contribution in [3.05, 3.63) is 17.3 Å². The molecule has 1 rings (SSSR count). The van der Waals surface area contributed by atoms with Crippen LogP contribution < -0.4 is 5.32 Å². The molecule has 0 saturated heterocycles. The van der Waals surface area contributed by atoms with E-state index in [-0.39, 0.29) is 0 Å². The van der Waals surface area contributed by atoms with Gasteiger partial charge in [0.1, 0.15) is 5.76 Å². The Morgan fingerprint density at radius 1 is 1.42 bits per heavy atom. The van der Waals surface area contributed by atoms with Gasteiger partial charge < -0.3 is 9.73 Å². The Morgan fingerprint density at radius 3 is 2.67 bits per heavy atom. The third-order valence-electron chi connectivity index (χ3n) is 1.71. The fourth-order valence-corrected chi connectivity index (χ4v) is 1.12. The van der Waals surface area contributed by atoms with Crippen LogP contribution in [0, 0.1) is 13.8 Å². The number of aromatic nitrogens is 1. The lowest BCUT2D eigenvalue weighted by molar-refractivity contribution is 0.454. The van der Waals surface area contributed by atoms with Crippen molar-refractivity contribution in [1.29, 1.82) is 0 Å². The van der Waals surface area contributed by atoms with Crippen LogP contribution in [0.15, 0.2) is 4.42 Å². The molecule has 0 amide bonds. The Bertz CT molecular complexity index is 243. The van der Waals surface area contributed by atoms with Crippen LogP contribution in [0.25, 0.3) is 0 Å². The average Bonchev–Trinajstić information content (AvgIpc) is 2.31. The summed E-state index contributed by atoms with van der Waals surface area (Å²) in [7, 11) is 0. The number of aryl methyl sites for hydroxylation is 2. The van der Waals surface area contributed by atoms with Crippen LogP contribution in [0.4, 0.5) is 0 Å². The molecule has 1 N–H and O–H groups in total. The van der Waals surface area contributed by atoms with E-state index in [1.807, 2.05) is 13.8 Å². The second-order valence-electron chi connectivity index (χ2n) is 2.92. The molecule has 1 aromatic heterocycles. The number of hydrogen-bond donors (Lipinski definition) is 1. The first kappa shape index (κ1) is 9.26. The number of nitrogens with zero attached hydrogens (tertiary/aromatic N) is 1. The van der Waals surface area contributed by atoms with Crippen molar-refractivity contribution in [3.63, 3.8) is 0 Å². The van der Waals surface area contributed by atoms with E-state index in [9.17, 15) is 0 Å². The van der Waals surface area contributed by atoms with Crippen LogP contribution in [0.3, 0.4) is 0 Å². The van der Waals surface area contributed by atoms with Crippen molar-refractivity contribution in [3.8, 4) is 0 Å². The molecule has 1 aromatic rings. The highest BCUT2D eigenvalue weighted by atomic mass is 16.4. The van der Waals surface area contributed by atoms with E-state index in [2.05, 4.69) is 17.2 Å². The fourth-order valence-electron chi connectivity index (χ4n) is 1.12. The van der Waals surface area contributed by atoms with Crippen molar-refractivity contribution >= 4 is 0 Å². The third kappa shape index (κ3) is 2.34. The van der Waals surface area contributed by atoms with Crippen molar-refractivity contribution in [2.45, 2.75) is 33.7 Å². The molecule has 0 aromatic carbocycles. The molecule has 0 atom stereocenters. The van der Waals surface area contributed by atoms with Gasteiger partial charge in [0, 0.05) is 6.92 Å². The van der Waals surface area contributed by atoms with Gasteiger partial charge in [0.25, 0.3) is 0 Å². The van der Waals surface area contributed by atoms with E-state index >= 15 is 0 Å². The molecule has 12 heavy (non-hydrogen) atoms. The highest BCUT2D eigenvalue weighted by Crippen LogP contribution is 2.08. The zero-order valence-electron chi connectivity index (χ0n) is 7.98. The molecule has 3 heteroatoms. The van der Waals surface area contributed by atoms with E-state index in [1.165, 1.54) is 0 Å². The second kappa shape index (κ2) is 4.26. The van der Waals surface area contributed by atoms with Crippen molar-refractivity contribution in [2.75, 3.05) is 6.54 Å². The monoisotopic (exact) mass is 168 g/mol. The fraction of sp³-hybridized carbons (Fsp3) is 0.667. The number of oxazole rings is 1. The van der Waals surface area contributed by atoms with Crippen LogP contribution in [0.5, 0.6) is 0 Å². The van der Waals surface area contributed by atoms with Gasteiger partial charge in [0.15, 0.2) is 5.89 Å². The largest absolute Gasteiger partial charge is 0.444 e. The predicted octanol–water partition coefficient (Wildman–Crippen LogP) is 1.79. The average molecular weight is 168 g/mol. The van der Waals surface area contributed by atoms with E-state index in [4.69, 9.17) is 4.42 Å². The lowest BCUT2D eigenvalue weighted by Gasteiger charge is -1.98. The molecular weight excluding hydrogens is 152 g/mol. The molecule has 0 aliphatic heterocycles. The number of hydrogen-bond acceptors (Lipinski definition) is 3. The summed E-state index contributed by atoms with van der Waals surface area (Å²) < 4.78 is 5.39. The summed E-state index contributed by atoms with van der Waals surface area (Å²) >= 11 is 0. The minimum atomic E-state index is 0.751. The van der Waals surface area contributed by atoms with Gasteiger partial charge in [-0.25, -0.2) is 4.98 Å². The molecule has 0 aliphatic carbocycles. The van der Waals surface area contributed by atoms with Crippen LogP contribution >= 0.6 is 0 Å². The second-order valence-corrected chi connectivity index (χ2v) is 2.92. The maximum Gasteiger partial charge on any atom is 0.191 e. The SMILES string of the molecule is CCCNCc1oc(C)nc1C. The summed E-state index contributed by atoms with van der Waals surface area (Å²) in [4.78, 5) is 4.18. The molecule has 0 saturated carbocycles. The smallest absolute Gasteiger partial charge is 0.191 e. The number of nitrogens with one attached hydrogen (secondary N) is 1. The van der Waals surface area contributed by atoms with Gasteiger partial charge in [0.2, 0.25) is 0 Å². The maximum absolute atomic E-state index is 5.39. The van der Waals surface area contributed by atoms with E-state index in [1.54, 1.807) is 0 Å². The quantitative estimate of drug-likeness (QED) is 0.696. The number of rotatable bonds is 4. The zero-order valence-corrected chi connectivity index (χ0v) is 7.98. The molecular formula is C9H16N2O. The summed E-state index contributed by atoms with van der Waals surface area (Å²) in [6.07, 6.45) is 1.15. The van der Waals surface area contributed by atoms with E-state index in [0.29, 0.717) is 0 Å². The topological polar surface area (TPSA) is 38.1 Å². The summed E-state index contributed by atoms with van der Waals surface area (Å²) in [5, 5.41) is 3.27. The van der Waals surface area contributed by atoms with Gasteiger partial charge in [-0.1, -0.05) is 6.92 Å². The van der Waals surface area contributed by atoms with E-state index < -0.39 is 0 Å². The zero-order chi connectivity index (χ0) is 8.97. The summed E-state index contributed by atoms with van der Waals surface area (Å²) in [5.74, 6) is 1.71. The first-order chi connectivity index (χ1) is 5.74. The molecule has 0 bridgehead atoms. The van der Waals surface area contributed by atoms with Crippen molar-refractivity contribution in [2.24, 2.45) is 0 Å². The minimum absolute atomic E-state index is 0.751. The Morgan fingerprint density at radius 2 is 2.17 bits per heavy atom. The van der Waals surface area contributed by atoms with Gasteiger partial charge in [-0.15, -0.1) is 0 Å². The Labute approximate surface area is 73.2 Å². The van der Waals surface area contributed by atoms with Gasteiger partial charge >= 0.3 is 0 Å². The Balaban J connectivity index is 2.45. The van der Waals surface area contributed by atoms with Crippen molar-refractivity contribution in [1.82, 2.24) is 10.3 Å². The summed E-state index contributed by atoms with van der Waals surface area (Å²) in [6, 6.07) is 0. The van der Waals surface area contributed by atoms with E-state index in [0.717, 1.165) is 36.9 Å². The van der Waals surface area contributed by atoms with Crippen LogP contribution in [-0.4, -0.2) is 11.5 Å². The van der Waals surface area contributed by atoms with Crippen LogP contribution in [0.1, 0.15) is 30.7 Å². The third-order valence-corrected chi connectivity index (χ3v) is 1.71. The molecule has 68 valence electrons. The van der Waals surface area contributed by atoms with Gasteiger partial charge in [-0.3, -0.25) is 0 Å². The molecule has 3 nitrogen and oxygen atoms in total. The maximum atomic E-state index is 5.39.